The number of aliphatic hydroxyl groups excluding tert-OH is 2. The van der Waals surface area contributed by atoms with Gasteiger partial charge in [-0.15, -0.1) is 0 Å². The van der Waals surface area contributed by atoms with Crippen molar-refractivity contribution in [1.29, 1.82) is 0 Å². The molecule has 0 aromatic carbocycles. The Balaban J connectivity index is 3.22. The molecule has 0 aromatic heterocycles. The van der Waals surface area contributed by atoms with Crippen molar-refractivity contribution in [3.05, 3.63) is 0 Å². The molecule has 4 nitrogen and oxygen atoms in total. The maximum atomic E-state index is 10.6. The van der Waals surface area contributed by atoms with Gasteiger partial charge in [0.05, 0.1) is 17.8 Å². The molecule has 0 saturated heterocycles. The summed E-state index contributed by atoms with van der Waals surface area (Å²) in [5, 5.41) is 20.5. The van der Waals surface area contributed by atoms with Crippen LogP contribution < -0.4 is 0 Å². The molecule has 1 aliphatic carbocycles. The lowest BCUT2D eigenvalue weighted by molar-refractivity contribution is -0.129. The van der Waals surface area contributed by atoms with Crippen LogP contribution >= 0.6 is 0 Å². The topological polar surface area (TPSA) is 58.9 Å². The first kappa shape index (κ1) is 24.3. The van der Waals surface area contributed by atoms with E-state index < -0.39 is 28.3 Å². The molecule has 0 amide bonds. The molecule has 1 fully saturated rings. The highest BCUT2D eigenvalue weighted by Crippen LogP contribution is 2.47. The molecule has 26 heavy (non-hydrogen) atoms. The molecule has 0 heterocycles. The molecule has 1 saturated carbocycles. The Hall–Kier alpha value is 0.274. The van der Waals surface area contributed by atoms with Crippen molar-refractivity contribution in [3.8, 4) is 0 Å². The quantitative estimate of drug-likeness (QED) is 0.638. The summed E-state index contributed by atoms with van der Waals surface area (Å²) in [5.74, 6) is -0.138. The van der Waals surface area contributed by atoms with Gasteiger partial charge >= 0.3 is 0 Å². The third-order valence-electron chi connectivity index (χ3n) is 7.13. The van der Waals surface area contributed by atoms with Crippen molar-refractivity contribution in [3.63, 3.8) is 0 Å². The van der Waals surface area contributed by atoms with Crippen LogP contribution in [-0.2, 0) is 8.85 Å². The Morgan fingerprint density at radius 3 is 1.81 bits per heavy atom. The van der Waals surface area contributed by atoms with E-state index in [0.29, 0.717) is 12.8 Å². The highest BCUT2D eigenvalue weighted by Gasteiger charge is 2.53. The van der Waals surface area contributed by atoms with Crippen LogP contribution in [0.15, 0.2) is 0 Å². The van der Waals surface area contributed by atoms with Crippen LogP contribution in [-0.4, -0.2) is 51.3 Å². The third-order valence-corrected chi connectivity index (χ3v) is 16.2. The van der Waals surface area contributed by atoms with Crippen LogP contribution in [0.4, 0.5) is 0 Å². The summed E-state index contributed by atoms with van der Waals surface area (Å²) in [5.41, 5.74) is -0.524. The normalized spacial score (nSPS) is 32.0. The third kappa shape index (κ3) is 5.20. The minimum Gasteiger partial charge on any atom is -0.411 e. The Kier molecular flexibility index (Phi) is 7.10. The van der Waals surface area contributed by atoms with Crippen LogP contribution in [0.25, 0.3) is 0 Å². The Bertz CT molecular complexity index is 479. The van der Waals surface area contributed by atoms with E-state index in [1.165, 1.54) is 0 Å². The zero-order valence-corrected chi connectivity index (χ0v) is 21.1. The lowest BCUT2D eigenvalue weighted by Gasteiger charge is -2.54. The predicted octanol–water partition coefficient (Wildman–Crippen LogP) is 4.92. The lowest BCUT2D eigenvalue weighted by Crippen LogP contribution is -2.62. The van der Waals surface area contributed by atoms with Gasteiger partial charge in [-0.2, -0.15) is 0 Å². The second-order valence-electron chi connectivity index (χ2n) is 11.5. The summed E-state index contributed by atoms with van der Waals surface area (Å²) >= 11 is 0. The van der Waals surface area contributed by atoms with Gasteiger partial charge in [0.15, 0.2) is 16.6 Å². The van der Waals surface area contributed by atoms with Gasteiger partial charge in [-0.1, -0.05) is 41.5 Å². The van der Waals surface area contributed by atoms with E-state index >= 15 is 0 Å². The van der Waals surface area contributed by atoms with Gasteiger partial charge in [0, 0.05) is 18.9 Å². The van der Waals surface area contributed by atoms with E-state index in [1.54, 1.807) is 0 Å². The molecule has 0 bridgehead atoms. The minimum atomic E-state index is -2.03. The molecule has 6 heteroatoms. The fourth-order valence-electron chi connectivity index (χ4n) is 3.14. The molecule has 0 aliphatic heterocycles. The summed E-state index contributed by atoms with van der Waals surface area (Å²) in [4.78, 5) is 0. The van der Waals surface area contributed by atoms with Crippen LogP contribution in [0.3, 0.4) is 0 Å². The highest BCUT2D eigenvalue weighted by molar-refractivity contribution is 6.74. The van der Waals surface area contributed by atoms with Gasteiger partial charge in [0.1, 0.15) is 0 Å². The average molecular weight is 405 g/mol. The standard InChI is InChI=1S/C20H44O4Si2/c1-18(2,3)25(8,9)23-17-12-15(14-21)16(22)13-20(17,7)24-26(10,11)19(4,5)6/h15-17,21-22H,12-14H2,1-11H3/t15-,16+,17-,20+/m1/s1. The molecule has 0 aromatic rings. The number of hydrogen-bond acceptors (Lipinski definition) is 4. The molecule has 0 spiro atoms. The Morgan fingerprint density at radius 1 is 0.962 bits per heavy atom. The SMILES string of the molecule is CC(C)(C)[Si](C)(C)O[C@@H]1C[C@H](CO)[C@@H](O)C[C@]1(C)O[Si](C)(C)C(C)(C)C. The van der Waals surface area contributed by atoms with E-state index in [1.807, 2.05) is 0 Å². The van der Waals surface area contributed by atoms with Crippen molar-refractivity contribution in [2.24, 2.45) is 5.92 Å². The zero-order valence-electron chi connectivity index (χ0n) is 19.1. The summed E-state index contributed by atoms with van der Waals surface area (Å²) < 4.78 is 13.7. The molecule has 0 radical (unpaired) electrons. The minimum absolute atomic E-state index is 0.00526. The molecular weight excluding hydrogens is 360 g/mol. The smallest absolute Gasteiger partial charge is 0.192 e. The second-order valence-corrected chi connectivity index (χ2v) is 21.0. The largest absolute Gasteiger partial charge is 0.411 e. The fourth-order valence-corrected chi connectivity index (χ4v) is 6.24. The van der Waals surface area contributed by atoms with Crippen LogP contribution in [0, 0.1) is 5.92 Å². The van der Waals surface area contributed by atoms with Crippen molar-refractivity contribution in [2.45, 2.75) is 115 Å². The Labute approximate surface area is 163 Å². The van der Waals surface area contributed by atoms with E-state index in [-0.39, 0.29) is 28.7 Å². The zero-order chi connectivity index (χ0) is 20.8. The van der Waals surface area contributed by atoms with Gasteiger partial charge in [-0.05, 0) is 49.6 Å². The van der Waals surface area contributed by atoms with Crippen molar-refractivity contribution >= 4 is 16.6 Å². The van der Waals surface area contributed by atoms with E-state index in [2.05, 4.69) is 74.7 Å². The maximum absolute atomic E-state index is 10.6. The summed E-state index contributed by atoms with van der Waals surface area (Å²) in [6.07, 6.45) is 0.520. The van der Waals surface area contributed by atoms with Crippen molar-refractivity contribution < 1.29 is 19.1 Å². The van der Waals surface area contributed by atoms with Gasteiger partial charge in [-0.25, -0.2) is 0 Å². The van der Waals surface area contributed by atoms with E-state index in [0.717, 1.165) is 0 Å². The molecule has 156 valence electrons. The number of rotatable bonds is 5. The number of aliphatic hydroxyl groups is 2. The molecule has 1 rings (SSSR count). The highest BCUT2D eigenvalue weighted by atomic mass is 28.4. The van der Waals surface area contributed by atoms with E-state index in [4.69, 9.17) is 8.85 Å². The van der Waals surface area contributed by atoms with Crippen LogP contribution in [0.1, 0.15) is 61.3 Å². The van der Waals surface area contributed by atoms with Crippen molar-refractivity contribution in [1.82, 2.24) is 0 Å². The molecular formula is C20H44O4Si2. The van der Waals surface area contributed by atoms with E-state index in [9.17, 15) is 10.2 Å². The van der Waals surface area contributed by atoms with Crippen molar-refractivity contribution in [2.75, 3.05) is 6.61 Å². The van der Waals surface area contributed by atoms with Gasteiger partial charge < -0.3 is 19.1 Å². The summed E-state index contributed by atoms with van der Waals surface area (Å²) in [6, 6.07) is 0. The monoisotopic (exact) mass is 404 g/mol. The molecule has 4 atom stereocenters. The fraction of sp³-hybridized carbons (Fsp3) is 1.00. The summed E-state index contributed by atoms with van der Waals surface area (Å²) in [6.45, 7) is 24.6. The average Bonchev–Trinajstić information content (AvgIpc) is 2.38. The second kappa shape index (κ2) is 7.60. The summed E-state index contributed by atoms with van der Waals surface area (Å²) in [7, 11) is -4.02. The maximum Gasteiger partial charge on any atom is 0.192 e. The first-order valence-corrected chi connectivity index (χ1v) is 15.8. The molecule has 0 unspecified atom stereocenters. The van der Waals surface area contributed by atoms with Gasteiger partial charge in [0.2, 0.25) is 0 Å². The predicted molar refractivity (Wildman–Crippen MR) is 115 cm³/mol. The van der Waals surface area contributed by atoms with Crippen LogP contribution in [0.2, 0.25) is 36.3 Å². The lowest BCUT2D eigenvalue weighted by atomic mass is 9.76. The first-order chi connectivity index (χ1) is 11.4. The van der Waals surface area contributed by atoms with Gasteiger partial charge in [-0.3, -0.25) is 0 Å². The first-order valence-electron chi connectivity index (χ1n) is 10.0. The Morgan fingerprint density at radius 2 is 1.42 bits per heavy atom. The van der Waals surface area contributed by atoms with Crippen LogP contribution in [0.5, 0.6) is 0 Å². The molecule has 2 N–H and O–H groups in total. The number of hydrogen-bond donors (Lipinski definition) is 2. The molecule has 1 aliphatic rings. The van der Waals surface area contributed by atoms with Gasteiger partial charge in [0.25, 0.3) is 0 Å².